The van der Waals surface area contributed by atoms with Gasteiger partial charge in [-0.05, 0) is 38.7 Å². The highest BCUT2D eigenvalue weighted by Gasteiger charge is 2.14. The highest BCUT2D eigenvalue weighted by Crippen LogP contribution is 2.20. The fourth-order valence-corrected chi connectivity index (χ4v) is 1.39. The van der Waals surface area contributed by atoms with E-state index in [0.29, 0.717) is 10.6 Å². The summed E-state index contributed by atoms with van der Waals surface area (Å²) < 4.78 is 13.4. The molecule has 0 spiro atoms. The molecule has 15 heavy (non-hydrogen) atoms. The van der Waals surface area contributed by atoms with Crippen molar-refractivity contribution < 1.29 is 9.18 Å². The van der Waals surface area contributed by atoms with Gasteiger partial charge in [0.2, 0.25) is 0 Å². The maximum Gasteiger partial charge on any atom is 0.179 e. The molecule has 0 saturated heterocycles. The normalized spacial score (nSPS) is 10.8. The van der Waals surface area contributed by atoms with Crippen molar-refractivity contribution in [3.05, 3.63) is 34.1 Å². The van der Waals surface area contributed by atoms with Gasteiger partial charge in [-0.15, -0.1) is 0 Å². The lowest BCUT2D eigenvalue weighted by molar-refractivity contribution is 0.0954. The van der Waals surface area contributed by atoms with E-state index in [1.807, 2.05) is 0 Å². The van der Waals surface area contributed by atoms with E-state index in [-0.39, 0.29) is 17.9 Å². The van der Waals surface area contributed by atoms with E-state index < -0.39 is 5.82 Å². The summed E-state index contributed by atoms with van der Waals surface area (Å²) in [4.78, 5) is 13.3. The molecule has 0 aromatic heterocycles. The second-order valence-corrected chi connectivity index (χ2v) is 4.15. The number of nitrogens with zero attached hydrogens (tertiary/aromatic N) is 1. The smallest absolute Gasteiger partial charge is 0.179 e. The second-order valence-electron chi connectivity index (χ2n) is 3.74. The van der Waals surface area contributed by atoms with Crippen molar-refractivity contribution in [1.29, 1.82) is 0 Å². The van der Waals surface area contributed by atoms with Gasteiger partial charge in [-0.3, -0.25) is 4.79 Å². The van der Waals surface area contributed by atoms with E-state index in [2.05, 4.69) is 0 Å². The van der Waals surface area contributed by atoms with Crippen molar-refractivity contribution in [3.63, 3.8) is 0 Å². The van der Waals surface area contributed by atoms with E-state index in [4.69, 9.17) is 11.6 Å². The van der Waals surface area contributed by atoms with Gasteiger partial charge in [0.15, 0.2) is 5.78 Å². The minimum absolute atomic E-state index is 0.102. The van der Waals surface area contributed by atoms with Crippen molar-refractivity contribution in [2.24, 2.45) is 0 Å². The molecular formula is C11H13ClFNO. The lowest BCUT2D eigenvalue weighted by Gasteiger charge is -2.10. The predicted molar refractivity (Wildman–Crippen MR) is 59.0 cm³/mol. The Morgan fingerprint density at radius 3 is 2.60 bits per heavy atom. The zero-order valence-corrected chi connectivity index (χ0v) is 9.73. The van der Waals surface area contributed by atoms with Crippen LogP contribution in [0.1, 0.15) is 15.9 Å². The monoisotopic (exact) mass is 229 g/mol. The number of rotatable bonds is 3. The van der Waals surface area contributed by atoms with Gasteiger partial charge >= 0.3 is 0 Å². The Morgan fingerprint density at radius 1 is 1.47 bits per heavy atom. The quantitative estimate of drug-likeness (QED) is 0.743. The third-order valence-electron chi connectivity index (χ3n) is 2.01. The topological polar surface area (TPSA) is 20.3 Å². The Kier molecular flexibility index (Phi) is 3.83. The van der Waals surface area contributed by atoms with Crippen LogP contribution in [0.3, 0.4) is 0 Å². The van der Waals surface area contributed by atoms with Crippen LogP contribution in [0, 0.1) is 12.7 Å². The number of Topliss-reactive ketones (excluding diaryl/α,β-unsaturated/α-hetero) is 1. The molecule has 1 aromatic rings. The first-order chi connectivity index (χ1) is 6.91. The first kappa shape index (κ1) is 12.1. The number of ketones is 1. The van der Waals surface area contributed by atoms with Gasteiger partial charge in [-0.2, -0.15) is 0 Å². The molecule has 0 aliphatic carbocycles. The summed E-state index contributed by atoms with van der Waals surface area (Å²) in [5, 5.41) is 0.342. The second kappa shape index (κ2) is 4.73. The Bertz CT molecular complexity index is 390. The van der Waals surface area contributed by atoms with Gasteiger partial charge in [-0.1, -0.05) is 11.6 Å². The third-order valence-corrected chi connectivity index (χ3v) is 2.42. The highest BCUT2D eigenvalue weighted by atomic mass is 35.5. The molecule has 0 radical (unpaired) electrons. The minimum Gasteiger partial charge on any atom is -0.302 e. The Morgan fingerprint density at radius 2 is 2.07 bits per heavy atom. The highest BCUT2D eigenvalue weighted by molar-refractivity contribution is 6.31. The molecule has 82 valence electrons. The Balaban J connectivity index is 3.04. The average Bonchev–Trinajstić information content (AvgIpc) is 2.09. The lowest BCUT2D eigenvalue weighted by Crippen LogP contribution is -2.22. The van der Waals surface area contributed by atoms with Crippen LogP contribution in [-0.4, -0.2) is 31.3 Å². The molecule has 0 bridgehead atoms. The fourth-order valence-electron chi connectivity index (χ4n) is 1.24. The number of halogens is 2. The largest absolute Gasteiger partial charge is 0.302 e. The van der Waals surface area contributed by atoms with Crippen molar-refractivity contribution in [3.8, 4) is 0 Å². The van der Waals surface area contributed by atoms with Crippen LogP contribution in [0.2, 0.25) is 5.02 Å². The van der Waals surface area contributed by atoms with Crippen molar-refractivity contribution in [2.75, 3.05) is 20.6 Å². The molecule has 0 atom stereocenters. The Hall–Kier alpha value is -0.930. The van der Waals surface area contributed by atoms with Crippen LogP contribution in [0.5, 0.6) is 0 Å². The summed E-state index contributed by atoms with van der Waals surface area (Å²) in [5.41, 5.74) is 0.811. The SMILES string of the molecule is Cc1cc(C(=O)CN(C)C)c(F)cc1Cl. The van der Waals surface area contributed by atoms with Gasteiger partial charge in [0.05, 0.1) is 12.1 Å². The fraction of sp³-hybridized carbons (Fsp3) is 0.364. The maximum atomic E-state index is 13.4. The zero-order chi connectivity index (χ0) is 11.6. The summed E-state index contributed by atoms with van der Waals surface area (Å²) in [6.45, 7) is 1.94. The lowest BCUT2D eigenvalue weighted by atomic mass is 10.1. The number of benzene rings is 1. The van der Waals surface area contributed by atoms with E-state index in [1.54, 1.807) is 25.9 Å². The van der Waals surface area contributed by atoms with Crippen LogP contribution in [0.4, 0.5) is 4.39 Å². The molecule has 0 heterocycles. The van der Waals surface area contributed by atoms with Crippen molar-refractivity contribution in [1.82, 2.24) is 4.90 Å². The number of hydrogen-bond acceptors (Lipinski definition) is 2. The first-order valence-corrected chi connectivity index (χ1v) is 4.93. The predicted octanol–water partition coefficient (Wildman–Crippen LogP) is 2.53. The van der Waals surface area contributed by atoms with Gasteiger partial charge in [0, 0.05) is 5.02 Å². The number of likely N-dealkylation sites (N-methyl/N-ethyl adjacent to an activating group) is 1. The van der Waals surface area contributed by atoms with Crippen LogP contribution >= 0.6 is 11.6 Å². The molecule has 0 fully saturated rings. The van der Waals surface area contributed by atoms with Crippen LogP contribution in [0.25, 0.3) is 0 Å². The van der Waals surface area contributed by atoms with Crippen LogP contribution < -0.4 is 0 Å². The molecule has 0 saturated carbocycles. The number of carbonyl (C=O) groups is 1. The third kappa shape index (κ3) is 3.01. The minimum atomic E-state index is -0.558. The summed E-state index contributed by atoms with van der Waals surface area (Å²) in [6, 6.07) is 2.67. The molecule has 0 aliphatic heterocycles. The standard InChI is InChI=1S/C11H13ClFNO/c1-7-4-8(10(13)5-9(7)12)11(15)6-14(2)3/h4-5H,6H2,1-3H3. The van der Waals surface area contributed by atoms with E-state index >= 15 is 0 Å². The molecule has 0 amide bonds. The molecule has 1 rings (SSSR count). The molecule has 2 nitrogen and oxygen atoms in total. The summed E-state index contributed by atoms with van der Waals surface area (Å²) in [5.74, 6) is -0.797. The first-order valence-electron chi connectivity index (χ1n) is 4.55. The van der Waals surface area contributed by atoms with Crippen LogP contribution in [-0.2, 0) is 0 Å². The zero-order valence-electron chi connectivity index (χ0n) is 8.97. The van der Waals surface area contributed by atoms with Crippen molar-refractivity contribution in [2.45, 2.75) is 6.92 Å². The molecule has 4 heteroatoms. The summed E-state index contributed by atoms with van der Waals surface area (Å²) >= 11 is 5.73. The van der Waals surface area contributed by atoms with E-state index in [0.717, 1.165) is 0 Å². The number of hydrogen-bond donors (Lipinski definition) is 0. The number of aryl methyl sites for hydroxylation is 1. The van der Waals surface area contributed by atoms with Gasteiger partial charge in [0.25, 0.3) is 0 Å². The molecule has 0 unspecified atom stereocenters. The Labute approximate surface area is 93.6 Å². The molecule has 0 N–H and O–H groups in total. The molecule has 0 aliphatic rings. The molecular weight excluding hydrogens is 217 g/mol. The number of carbonyl (C=O) groups excluding carboxylic acids is 1. The van der Waals surface area contributed by atoms with E-state index in [9.17, 15) is 9.18 Å². The molecule has 1 aromatic carbocycles. The maximum absolute atomic E-state index is 13.4. The average molecular weight is 230 g/mol. The van der Waals surface area contributed by atoms with Gasteiger partial charge in [0.1, 0.15) is 5.82 Å². The van der Waals surface area contributed by atoms with Gasteiger partial charge < -0.3 is 4.90 Å². The van der Waals surface area contributed by atoms with Crippen LogP contribution in [0.15, 0.2) is 12.1 Å². The van der Waals surface area contributed by atoms with Gasteiger partial charge in [-0.25, -0.2) is 4.39 Å². The van der Waals surface area contributed by atoms with Crippen molar-refractivity contribution >= 4 is 17.4 Å². The van der Waals surface area contributed by atoms with E-state index in [1.165, 1.54) is 12.1 Å². The summed E-state index contributed by atoms with van der Waals surface area (Å²) in [6.07, 6.45) is 0. The summed E-state index contributed by atoms with van der Waals surface area (Å²) in [7, 11) is 3.52.